The average molecular weight is 767 g/mol. The first-order valence-electron chi connectivity index (χ1n) is 17.6. The summed E-state index contributed by atoms with van der Waals surface area (Å²) in [5, 5.41) is 7.24. The summed E-state index contributed by atoms with van der Waals surface area (Å²) in [5.74, 6) is -0.635. The maximum Gasteiger partial charge on any atom is 0.341 e. The highest BCUT2D eigenvalue weighted by Crippen LogP contribution is 2.53. The van der Waals surface area contributed by atoms with Gasteiger partial charge < -0.3 is 15.4 Å². The Hall–Kier alpha value is -4.19. The van der Waals surface area contributed by atoms with Crippen molar-refractivity contribution >= 4 is 74.9 Å². The van der Waals surface area contributed by atoms with E-state index in [0.717, 1.165) is 94.7 Å². The monoisotopic (exact) mass is 764 g/mol. The fourth-order valence-electron chi connectivity index (χ4n) is 7.54. The standard InChI is InChI=1S/C44H36Cl4N2O2/c1-25-7-11-27(12-8-25)33(29-15-17-35-31(21-29)5-3-19-49-35)23-44(38-37(43(51)52-44)39(45)41(47)42(48)40(38)46)24-34(28-13-9-26(2)10-14-28)30-16-18-36-32(22-30)6-4-20-50-36/h7-18,21-24,49-50H,3-6,19-20H2,1-2H3. The van der Waals surface area contributed by atoms with Crippen molar-refractivity contribution in [3.05, 3.63) is 173 Å². The number of rotatable bonds is 6. The Kier molecular flexibility index (Phi) is 9.38. The van der Waals surface area contributed by atoms with Gasteiger partial charge in [-0.25, -0.2) is 4.79 Å². The van der Waals surface area contributed by atoms with E-state index in [0.29, 0.717) is 5.56 Å². The van der Waals surface area contributed by atoms with Crippen LogP contribution in [0.25, 0.3) is 11.1 Å². The number of nitrogens with one attached hydrogen (secondary N) is 2. The Morgan fingerprint density at radius 1 is 0.615 bits per heavy atom. The lowest BCUT2D eigenvalue weighted by Crippen LogP contribution is -2.23. The topological polar surface area (TPSA) is 50.4 Å². The summed E-state index contributed by atoms with van der Waals surface area (Å²) in [6.45, 7) is 6.01. The van der Waals surface area contributed by atoms with Crippen molar-refractivity contribution in [3.8, 4) is 0 Å². The average Bonchev–Trinajstić information content (AvgIpc) is 3.46. The highest BCUT2D eigenvalue weighted by molar-refractivity contribution is 6.53. The minimum absolute atomic E-state index is 0.00761. The zero-order valence-electron chi connectivity index (χ0n) is 28.8. The number of esters is 1. The van der Waals surface area contributed by atoms with Crippen molar-refractivity contribution in [1.29, 1.82) is 0 Å². The summed E-state index contributed by atoms with van der Waals surface area (Å²) in [5.41, 5.74) is 11.5. The molecule has 0 aromatic heterocycles. The molecule has 52 heavy (non-hydrogen) atoms. The number of cyclic esters (lactones) is 1. The third-order valence-electron chi connectivity index (χ3n) is 10.3. The van der Waals surface area contributed by atoms with Crippen LogP contribution in [0.4, 0.5) is 11.4 Å². The van der Waals surface area contributed by atoms with Crippen LogP contribution >= 0.6 is 46.4 Å². The molecule has 3 aliphatic heterocycles. The molecule has 3 heterocycles. The summed E-state index contributed by atoms with van der Waals surface area (Å²) in [7, 11) is 0. The van der Waals surface area contributed by atoms with E-state index in [1.54, 1.807) is 0 Å². The first-order valence-corrected chi connectivity index (χ1v) is 19.1. The van der Waals surface area contributed by atoms with Crippen molar-refractivity contribution in [1.82, 2.24) is 0 Å². The highest BCUT2D eigenvalue weighted by atomic mass is 35.5. The lowest BCUT2D eigenvalue weighted by atomic mass is 9.82. The zero-order chi connectivity index (χ0) is 36.1. The first kappa shape index (κ1) is 34.9. The number of carbonyl (C=O) groups is 1. The molecular formula is C44H36Cl4N2O2. The van der Waals surface area contributed by atoms with E-state index >= 15 is 0 Å². The highest BCUT2D eigenvalue weighted by Gasteiger charge is 2.48. The van der Waals surface area contributed by atoms with E-state index in [-0.39, 0.29) is 25.7 Å². The number of anilines is 2. The van der Waals surface area contributed by atoms with Gasteiger partial charge in [-0.2, -0.15) is 0 Å². The van der Waals surface area contributed by atoms with Crippen LogP contribution in [0.3, 0.4) is 0 Å². The molecule has 262 valence electrons. The zero-order valence-corrected chi connectivity index (χ0v) is 31.8. The molecule has 8 heteroatoms. The third kappa shape index (κ3) is 6.30. The number of aryl methyl sites for hydroxylation is 4. The van der Waals surface area contributed by atoms with Crippen LogP contribution in [0, 0.1) is 13.8 Å². The second kappa shape index (κ2) is 14.0. The Morgan fingerprint density at radius 2 is 1.06 bits per heavy atom. The first-order chi connectivity index (χ1) is 25.1. The van der Waals surface area contributed by atoms with Crippen molar-refractivity contribution < 1.29 is 9.53 Å². The molecule has 0 unspecified atom stereocenters. The summed E-state index contributed by atoms with van der Waals surface area (Å²) in [6, 6.07) is 29.6. The van der Waals surface area contributed by atoms with Crippen LogP contribution in [0.5, 0.6) is 0 Å². The number of carbonyl (C=O) groups excluding carboxylic acids is 1. The third-order valence-corrected chi connectivity index (χ3v) is 12.1. The predicted molar refractivity (Wildman–Crippen MR) is 217 cm³/mol. The lowest BCUT2D eigenvalue weighted by molar-refractivity contribution is 0.0300. The van der Waals surface area contributed by atoms with Gasteiger partial charge in [0.2, 0.25) is 0 Å². The number of halogens is 4. The van der Waals surface area contributed by atoms with Gasteiger partial charge in [-0.15, -0.1) is 0 Å². The Morgan fingerprint density at radius 3 is 1.54 bits per heavy atom. The van der Waals surface area contributed by atoms with Crippen molar-refractivity contribution in [2.75, 3.05) is 23.7 Å². The molecule has 2 N–H and O–H groups in total. The minimum Gasteiger partial charge on any atom is -0.442 e. The molecule has 8 rings (SSSR count). The molecular weight excluding hydrogens is 730 g/mol. The van der Waals surface area contributed by atoms with Gasteiger partial charge in [0.1, 0.15) is 0 Å². The number of benzene rings is 5. The summed E-state index contributed by atoms with van der Waals surface area (Å²) >= 11 is 27.4. The second-order valence-electron chi connectivity index (χ2n) is 13.8. The second-order valence-corrected chi connectivity index (χ2v) is 15.4. The van der Waals surface area contributed by atoms with Crippen LogP contribution in [0.15, 0.2) is 97.1 Å². The number of fused-ring (bicyclic) bond motifs is 3. The number of ether oxygens (including phenoxy) is 1. The van der Waals surface area contributed by atoms with E-state index in [1.807, 2.05) is 12.2 Å². The van der Waals surface area contributed by atoms with Gasteiger partial charge in [0.15, 0.2) is 5.60 Å². The van der Waals surface area contributed by atoms with Gasteiger partial charge in [-0.3, -0.25) is 0 Å². The van der Waals surface area contributed by atoms with E-state index in [1.165, 1.54) is 11.1 Å². The molecule has 3 aliphatic rings. The van der Waals surface area contributed by atoms with E-state index in [2.05, 4.69) is 109 Å². The maximum absolute atomic E-state index is 14.2. The summed E-state index contributed by atoms with van der Waals surface area (Å²) in [4.78, 5) is 14.2. The van der Waals surface area contributed by atoms with Gasteiger partial charge in [-0.05, 0) is 120 Å². The molecule has 0 fully saturated rings. The predicted octanol–water partition coefficient (Wildman–Crippen LogP) is 12.3. The molecule has 0 aliphatic carbocycles. The van der Waals surface area contributed by atoms with Crippen LogP contribution in [0.1, 0.15) is 73.3 Å². The maximum atomic E-state index is 14.2. The fourth-order valence-corrected chi connectivity index (χ4v) is 8.61. The minimum atomic E-state index is -1.55. The SMILES string of the molecule is Cc1ccc(C(=CC2(C=C(c3ccc(C)cc3)c3ccc4c(c3)CCCN4)OC(=O)c3c(Cl)c(Cl)c(Cl)c(Cl)c32)c2ccc3c(c2)CCCN3)cc1. The normalized spacial score (nSPS) is 18.2. The molecule has 0 radical (unpaired) electrons. The van der Waals surface area contributed by atoms with E-state index < -0.39 is 11.6 Å². The van der Waals surface area contributed by atoms with Crippen LogP contribution in [-0.2, 0) is 23.2 Å². The van der Waals surface area contributed by atoms with Crippen LogP contribution < -0.4 is 10.6 Å². The molecule has 0 amide bonds. The molecule has 4 nitrogen and oxygen atoms in total. The molecule has 0 bridgehead atoms. The number of hydrogen-bond donors (Lipinski definition) is 2. The molecule has 0 saturated carbocycles. The van der Waals surface area contributed by atoms with Gasteiger partial charge in [-0.1, -0.05) is 118 Å². The van der Waals surface area contributed by atoms with Gasteiger partial charge in [0.05, 0.1) is 25.7 Å². The molecule has 5 aromatic carbocycles. The Labute approximate surface area is 324 Å². The van der Waals surface area contributed by atoms with E-state index in [9.17, 15) is 4.79 Å². The summed E-state index contributed by atoms with van der Waals surface area (Å²) in [6.07, 6.45) is 8.00. The molecule has 5 aromatic rings. The van der Waals surface area contributed by atoms with Gasteiger partial charge in [0.25, 0.3) is 0 Å². The fraction of sp³-hybridized carbons (Fsp3) is 0.205. The Balaban J connectivity index is 1.47. The molecule has 0 spiro atoms. The summed E-state index contributed by atoms with van der Waals surface area (Å²) < 4.78 is 6.61. The van der Waals surface area contributed by atoms with Gasteiger partial charge >= 0.3 is 5.97 Å². The van der Waals surface area contributed by atoms with Crippen LogP contribution in [0.2, 0.25) is 20.1 Å². The van der Waals surface area contributed by atoms with Crippen LogP contribution in [-0.4, -0.2) is 19.1 Å². The molecule has 0 atom stereocenters. The van der Waals surface area contributed by atoms with Crippen molar-refractivity contribution in [2.45, 2.75) is 45.1 Å². The molecule has 0 saturated heterocycles. The largest absolute Gasteiger partial charge is 0.442 e. The van der Waals surface area contributed by atoms with Crippen molar-refractivity contribution in [3.63, 3.8) is 0 Å². The Bertz CT molecular complexity index is 2190. The van der Waals surface area contributed by atoms with Crippen molar-refractivity contribution in [2.24, 2.45) is 0 Å². The number of hydrogen-bond acceptors (Lipinski definition) is 4. The van der Waals surface area contributed by atoms with Gasteiger partial charge in [0, 0.05) is 30.0 Å². The lowest BCUT2D eigenvalue weighted by Gasteiger charge is -2.28. The smallest absolute Gasteiger partial charge is 0.341 e. The van der Waals surface area contributed by atoms with E-state index in [4.69, 9.17) is 51.1 Å². The quantitative estimate of drug-likeness (QED) is 0.103.